The SMILES string of the molecule is CC[C@@H](CO)NC(=O)C1C2CCCCC21. The van der Waals surface area contributed by atoms with Gasteiger partial charge in [0.05, 0.1) is 12.6 Å². The summed E-state index contributed by atoms with van der Waals surface area (Å²) in [6, 6.07) is -0.0415. The van der Waals surface area contributed by atoms with Gasteiger partial charge in [0.2, 0.25) is 5.91 Å². The monoisotopic (exact) mass is 211 g/mol. The normalized spacial score (nSPS) is 35.5. The van der Waals surface area contributed by atoms with E-state index in [1.807, 2.05) is 6.92 Å². The van der Waals surface area contributed by atoms with Crippen molar-refractivity contribution in [2.75, 3.05) is 6.61 Å². The molecule has 0 spiro atoms. The minimum atomic E-state index is -0.0415. The number of carbonyl (C=O) groups is 1. The highest BCUT2D eigenvalue weighted by Gasteiger charge is 2.54. The Bertz CT molecular complexity index is 226. The van der Waals surface area contributed by atoms with Crippen molar-refractivity contribution in [1.29, 1.82) is 0 Å². The molecule has 0 heterocycles. The Balaban J connectivity index is 1.82. The third-order valence-corrected chi connectivity index (χ3v) is 4.02. The molecule has 86 valence electrons. The maximum absolute atomic E-state index is 11.9. The average molecular weight is 211 g/mol. The molecule has 2 unspecified atom stereocenters. The van der Waals surface area contributed by atoms with Crippen LogP contribution >= 0.6 is 0 Å². The Morgan fingerprint density at radius 3 is 2.47 bits per heavy atom. The van der Waals surface area contributed by atoms with E-state index in [0.717, 1.165) is 6.42 Å². The average Bonchev–Trinajstić information content (AvgIpc) is 2.99. The first-order chi connectivity index (χ1) is 7.27. The summed E-state index contributed by atoms with van der Waals surface area (Å²) >= 11 is 0. The molecule has 0 bridgehead atoms. The molecule has 2 N–H and O–H groups in total. The van der Waals surface area contributed by atoms with Gasteiger partial charge in [-0.15, -0.1) is 0 Å². The number of amides is 1. The molecule has 0 saturated heterocycles. The van der Waals surface area contributed by atoms with Crippen LogP contribution in [-0.2, 0) is 4.79 Å². The molecule has 2 rings (SSSR count). The van der Waals surface area contributed by atoms with Gasteiger partial charge in [-0.3, -0.25) is 4.79 Å². The lowest BCUT2D eigenvalue weighted by atomic mass is 10.0. The van der Waals surface area contributed by atoms with Crippen LogP contribution in [0.25, 0.3) is 0 Å². The molecule has 0 aliphatic heterocycles. The van der Waals surface area contributed by atoms with Crippen LogP contribution in [0.5, 0.6) is 0 Å². The highest BCUT2D eigenvalue weighted by Crippen LogP contribution is 2.55. The third kappa shape index (κ3) is 2.17. The molecule has 0 aromatic heterocycles. The summed E-state index contributed by atoms with van der Waals surface area (Å²) in [5.41, 5.74) is 0. The predicted molar refractivity (Wildman–Crippen MR) is 58.2 cm³/mol. The van der Waals surface area contributed by atoms with Crippen LogP contribution in [0.2, 0.25) is 0 Å². The molecule has 15 heavy (non-hydrogen) atoms. The predicted octanol–water partition coefficient (Wildman–Crippen LogP) is 1.31. The maximum Gasteiger partial charge on any atom is 0.223 e. The molecule has 3 heteroatoms. The zero-order valence-corrected chi connectivity index (χ0v) is 9.41. The molecule has 0 radical (unpaired) electrons. The number of fused-ring (bicyclic) bond motifs is 1. The molecular weight excluding hydrogens is 190 g/mol. The van der Waals surface area contributed by atoms with Crippen LogP contribution in [-0.4, -0.2) is 23.7 Å². The van der Waals surface area contributed by atoms with E-state index >= 15 is 0 Å². The van der Waals surface area contributed by atoms with Crippen molar-refractivity contribution < 1.29 is 9.90 Å². The molecule has 3 nitrogen and oxygen atoms in total. The molecule has 0 aromatic rings. The van der Waals surface area contributed by atoms with E-state index in [1.54, 1.807) is 0 Å². The number of rotatable bonds is 4. The fraction of sp³-hybridized carbons (Fsp3) is 0.917. The van der Waals surface area contributed by atoms with Crippen LogP contribution in [0.4, 0.5) is 0 Å². The van der Waals surface area contributed by atoms with E-state index in [-0.39, 0.29) is 24.5 Å². The summed E-state index contributed by atoms with van der Waals surface area (Å²) in [5, 5.41) is 12.0. The van der Waals surface area contributed by atoms with E-state index in [9.17, 15) is 4.79 Å². The van der Waals surface area contributed by atoms with Crippen molar-refractivity contribution in [3.05, 3.63) is 0 Å². The largest absolute Gasteiger partial charge is 0.394 e. The molecule has 2 aliphatic rings. The van der Waals surface area contributed by atoms with Crippen molar-refractivity contribution >= 4 is 5.91 Å². The van der Waals surface area contributed by atoms with Gasteiger partial charge in [-0.05, 0) is 31.1 Å². The van der Waals surface area contributed by atoms with Gasteiger partial charge in [-0.1, -0.05) is 19.8 Å². The number of nitrogens with one attached hydrogen (secondary N) is 1. The second-order valence-corrected chi connectivity index (χ2v) is 4.93. The van der Waals surface area contributed by atoms with Gasteiger partial charge in [0.15, 0.2) is 0 Å². The van der Waals surface area contributed by atoms with Gasteiger partial charge in [0.1, 0.15) is 0 Å². The molecule has 2 aliphatic carbocycles. The molecular formula is C12H21NO2. The number of carbonyl (C=O) groups excluding carboxylic acids is 1. The maximum atomic E-state index is 11.9. The van der Waals surface area contributed by atoms with Crippen molar-refractivity contribution in [3.63, 3.8) is 0 Å². The Hall–Kier alpha value is -0.570. The van der Waals surface area contributed by atoms with E-state index in [0.29, 0.717) is 11.8 Å². The summed E-state index contributed by atoms with van der Waals surface area (Å²) in [6.07, 6.45) is 5.87. The third-order valence-electron chi connectivity index (χ3n) is 4.02. The fourth-order valence-electron chi connectivity index (χ4n) is 2.96. The number of aliphatic hydroxyl groups is 1. The van der Waals surface area contributed by atoms with Gasteiger partial charge in [-0.25, -0.2) is 0 Å². The van der Waals surface area contributed by atoms with Gasteiger partial charge in [-0.2, -0.15) is 0 Å². The lowest BCUT2D eigenvalue weighted by Crippen LogP contribution is -2.38. The molecule has 1 amide bonds. The standard InChI is InChI=1S/C12H21NO2/c1-2-8(7-14)13-12(15)11-9-5-3-4-6-10(9)11/h8-11,14H,2-7H2,1H3,(H,13,15)/t8-,9?,10?,11?/m0/s1. The van der Waals surface area contributed by atoms with E-state index in [2.05, 4.69) is 5.32 Å². The first-order valence-corrected chi connectivity index (χ1v) is 6.19. The van der Waals surface area contributed by atoms with Crippen molar-refractivity contribution in [3.8, 4) is 0 Å². The van der Waals surface area contributed by atoms with E-state index in [1.165, 1.54) is 25.7 Å². The van der Waals surface area contributed by atoms with Crippen LogP contribution in [0, 0.1) is 17.8 Å². The lowest BCUT2D eigenvalue weighted by molar-refractivity contribution is -0.123. The Morgan fingerprint density at radius 2 is 2.00 bits per heavy atom. The first kappa shape index (κ1) is 10.9. The minimum Gasteiger partial charge on any atom is -0.394 e. The van der Waals surface area contributed by atoms with Crippen LogP contribution in [0.1, 0.15) is 39.0 Å². The smallest absolute Gasteiger partial charge is 0.223 e. The second-order valence-electron chi connectivity index (χ2n) is 4.93. The first-order valence-electron chi connectivity index (χ1n) is 6.19. The van der Waals surface area contributed by atoms with Gasteiger partial charge >= 0.3 is 0 Å². The number of hydrogen-bond acceptors (Lipinski definition) is 2. The van der Waals surface area contributed by atoms with Crippen LogP contribution in [0.15, 0.2) is 0 Å². The Morgan fingerprint density at radius 1 is 1.40 bits per heavy atom. The Kier molecular flexibility index (Phi) is 3.29. The summed E-state index contributed by atoms with van der Waals surface area (Å²) < 4.78 is 0. The summed E-state index contributed by atoms with van der Waals surface area (Å²) in [7, 11) is 0. The van der Waals surface area contributed by atoms with E-state index in [4.69, 9.17) is 5.11 Å². The van der Waals surface area contributed by atoms with E-state index < -0.39 is 0 Å². The minimum absolute atomic E-state index is 0.0415. The highest BCUT2D eigenvalue weighted by atomic mass is 16.3. The van der Waals surface area contributed by atoms with Crippen LogP contribution in [0.3, 0.4) is 0 Å². The summed E-state index contributed by atoms with van der Waals surface area (Å²) in [5.74, 6) is 1.78. The highest BCUT2D eigenvalue weighted by molar-refractivity contribution is 5.82. The zero-order chi connectivity index (χ0) is 10.8. The molecule has 2 saturated carbocycles. The molecule has 3 atom stereocenters. The van der Waals surface area contributed by atoms with Crippen molar-refractivity contribution in [1.82, 2.24) is 5.32 Å². The van der Waals surface area contributed by atoms with Crippen molar-refractivity contribution in [2.24, 2.45) is 17.8 Å². The zero-order valence-electron chi connectivity index (χ0n) is 9.41. The lowest BCUT2D eigenvalue weighted by Gasteiger charge is -2.13. The quantitative estimate of drug-likeness (QED) is 0.736. The van der Waals surface area contributed by atoms with Gasteiger partial charge < -0.3 is 10.4 Å². The van der Waals surface area contributed by atoms with Crippen LogP contribution < -0.4 is 5.32 Å². The second kappa shape index (κ2) is 4.52. The molecule has 0 aromatic carbocycles. The number of hydrogen-bond donors (Lipinski definition) is 2. The van der Waals surface area contributed by atoms with Gasteiger partial charge in [0.25, 0.3) is 0 Å². The topological polar surface area (TPSA) is 49.3 Å². The van der Waals surface area contributed by atoms with Crippen molar-refractivity contribution in [2.45, 2.75) is 45.1 Å². The molecule has 2 fully saturated rings. The Labute approximate surface area is 91.2 Å². The van der Waals surface area contributed by atoms with Gasteiger partial charge in [0, 0.05) is 5.92 Å². The number of aliphatic hydroxyl groups excluding tert-OH is 1. The fourth-order valence-corrected chi connectivity index (χ4v) is 2.96. The summed E-state index contributed by atoms with van der Waals surface area (Å²) in [6.45, 7) is 2.05. The summed E-state index contributed by atoms with van der Waals surface area (Å²) in [4.78, 5) is 11.9.